The minimum atomic E-state index is -0.355. The Bertz CT molecular complexity index is 425. The molecule has 0 aliphatic carbocycles. The van der Waals surface area contributed by atoms with E-state index < -0.39 is 0 Å². The van der Waals surface area contributed by atoms with Crippen molar-refractivity contribution in [3.63, 3.8) is 0 Å². The molecular formula is C12H12Cl2O2. The Morgan fingerprint density at radius 2 is 2.06 bits per heavy atom. The number of rotatable bonds is 3. The molecule has 0 N–H and O–H groups in total. The number of ether oxygens (including phenoxy) is 1. The summed E-state index contributed by atoms with van der Waals surface area (Å²) in [6.45, 7) is 3.95. The average Bonchev–Trinajstić information content (AvgIpc) is 2.22. The minimum Gasteiger partial charge on any atom is -0.463 e. The van der Waals surface area contributed by atoms with Crippen LogP contribution in [0.5, 0.6) is 0 Å². The lowest BCUT2D eigenvalue weighted by Crippen LogP contribution is -2.00. The Morgan fingerprint density at radius 1 is 1.38 bits per heavy atom. The smallest absolute Gasteiger partial charge is 0.331 e. The lowest BCUT2D eigenvalue weighted by molar-refractivity contribution is -0.137. The van der Waals surface area contributed by atoms with Crippen molar-refractivity contribution < 1.29 is 9.53 Å². The molecule has 0 atom stereocenters. The van der Waals surface area contributed by atoms with Crippen LogP contribution in [-0.4, -0.2) is 12.6 Å². The monoisotopic (exact) mass is 258 g/mol. The van der Waals surface area contributed by atoms with Gasteiger partial charge in [-0.25, -0.2) is 4.79 Å². The standard InChI is InChI=1S/C12H12Cl2O2/c1-3-16-12(15)6-8(2)9-4-5-10(13)11(14)7-9/h4-7H,3H2,1-2H3/b8-6-. The highest BCUT2D eigenvalue weighted by atomic mass is 35.5. The van der Waals surface area contributed by atoms with Crippen LogP contribution in [0.4, 0.5) is 0 Å². The van der Waals surface area contributed by atoms with Gasteiger partial charge in [-0.3, -0.25) is 0 Å². The van der Waals surface area contributed by atoms with Gasteiger partial charge in [0.1, 0.15) is 0 Å². The predicted molar refractivity (Wildman–Crippen MR) is 66.7 cm³/mol. The SMILES string of the molecule is CCOC(=O)/C=C(/C)c1ccc(Cl)c(Cl)c1. The highest BCUT2D eigenvalue weighted by Gasteiger charge is 2.03. The molecule has 1 aromatic rings. The number of hydrogen-bond acceptors (Lipinski definition) is 2. The third kappa shape index (κ3) is 3.54. The zero-order valence-corrected chi connectivity index (χ0v) is 10.6. The van der Waals surface area contributed by atoms with Gasteiger partial charge in [0.15, 0.2) is 0 Å². The van der Waals surface area contributed by atoms with Gasteiger partial charge in [-0.2, -0.15) is 0 Å². The summed E-state index contributed by atoms with van der Waals surface area (Å²) in [5.74, 6) is -0.355. The summed E-state index contributed by atoms with van der Waals surface area (Å²) in [6, 6.07) is 5.22. The summed E-state index contributed by atoms with van der Waals surface area (Å²) in [5, 5.41) is 0.963. The first-order valence-electron chi connectivity index (χ1n) is 4.85. The van der Waals surface area contributed by atoms with Gasteiger partial charge in [0.25, 0.3) is 0 Å². The maximum atomic E-state index is 11.2. The van der Waals surface area contributed by atoms with E-state index in [0.717, 1.165) is 11.1 Å². The zero-order valence-electron chi connectivity index (χ0n) is 9.09. The average molecular weight is 259 g/mol. The predicted octanol–water partition coefficient (Wildman–Crippen LogP) is 3.96. The molecule has 16 heavy (non-hydrogen) atoms. The second-order valence-corrected chi connectivity index (χ2v) is 4.02. The summed E-state index contributed by atoms with van der Waals surface area (Å²) in [5.41, 5.74) is 1.64. The Kier molecular flexibility index (Phi) is 4.84. The molecule has 86 valence electrons. The van der Waals surface area contributed by atoms with E-state index in [2.05, 4.69) is 0 Å². The van der Waals surface area contributed by atoms with Crippen LogP contribution >= 0.6 is 23.2 Å². The second kappa shape index (κ2) is 5.92. The fourth-order valence-electron chi connectivity index (χ4n) is 1.19. The molecule has 0 fully saturated rings. The van der Waals surface area contributed by atoms with Crippen molar-refractivity contribution in [1.29, 1.82) is 0 Å². The molecule has 0 aliphatic heterocycles. The first kappa shape index (κ1) is 13.1. The van der Waals surface area contributed by atoms with Crippen molar-refractivity contribution in [1.82, 2.24) is 0 Å². The highest BCUT2D eigenvalue weighted by molar-refractivity contribution is 6.42. The largest absolute Gasteiger partial charge is 0.463 e. The van der Waals surface area contributed by atoms with Crippen LogP contribution in [0.15, 0.2) is 24.3 Å². The van der Waals surface area contributed by atoms with Crippen molar-refractivity contribution in [3.8, 4) is 0 Å². The van der Waals surface area contributed by atoms with Gasteiger partial charge in [-0.05, 0) is 37.1 Å². The molecular weight excluding hydrogens is 247 g/mol. The molecule has 0 aromatic heterocycles. The van der Waals surface area contributed by atoms with Crippen LogP contribution in [-0.2, 0) is 9.53 Å². The lowest BCUT2D eigenvalue weighted by Gasteiger charge is -2.03. The van der Waals surface area contributed by atoms with Crippen LogP contribution in [0.3, 0.4) is 0 Å². The van der Waals surface area contributed by atoms with E-state index >= 15 is 0 Å². The van der Waals surface area contributed by atoms with Crippen LogP contribution in [0.25, 0.3) is 5.57 Å². The first-order valence-corrected chi connectivity index (χ1v) is 5.60. The second-order valence-electron chi connectivity index (χ2n) is 3.21. The lowest BCUT2D eigenvalue weighted by atomic mass is 10.1. The van der Waals surface area contributed by atoms with E-state index in [0.29, 0.717) is 16.7 Å². The van der Waals surface area contributed by atoms with Crippen LogP contribution in [0.2, 0.25) is 10.0 Å². The Balaban J connectivity index is 2.91. The van der Waals surface area contributed by atoms with Gasteiger partial charge in [0, 0.05) is 6.08 Å². The number of hydrogen-bond donors (Lipinski definition) is 0. The topological polar surface area (TPSA) is 26.3 Å². The van der Waals surface area contributed by atoms with Crippen molar-refractivity contribution in [3.05, 3.63) is 39.9 Å². The van der Waals surface area contributed by atoms with Gasteiger partial charge in [-0.1, -0.05) is 29.3 Å². The third-order valence-electron chi connectivity index (χ3n) is 2.00. The van der Waals surface area contributed by atoms with Crippen molar-refractivity contribution in [2.24, 2.45) is 0 Å². The molecule has 0 spiro atoms. The molecule has 0 aliphatic rings. The molecule has 0 saturated carbocycles. The number of benzene rings is 1. The van der Waals surface area contributed by atoms with E-state index in [1.54, 1.807) is 25.1 Å². The Morgan fingerprint density at radius 3 is 2.62 bits per heavy atom. The maximum Gasteiger partial charge on any atom is 0.331 e. The number of carbonyl (C=O) groups excluding carboxylic acids is 1. The van der Waals surface area contributed by atoms with Crippen molar-refractivity contribution in [2.75, 3.05) is 6.61 Å². The summed E-state index contributed by atoms with van der Waals surface area (Å²) in [4.78, 5) is 11.2. The highest BCUT2D eigenvalue weighted by Crippen LogP contribution is 2.25. The van der Waals surface area contributed by atoms with E-state index in [9.17, 15) is 4.79 Å². The van der Waals surface area contributed by atoms with Crippen LogP contribution < -0.4 is 0 Å². The Hall–Kier alpha value is -0.990. The summed E-state index contributed by atoms with van der Waals surface area (Å²) in [6.07, 6.45) is 1.43. The molecule has 0 unspecified atom stereocenters. The summed E-state index contributed by atoms with van der Waals surface area (Å²) in [7, 11) is 0. The third-order valence-corrected chi connectivity index (χ3v) is 2.73. The van der Waals surface area contributed by atoms with E-state index in [1.807, 2.05) is 6.92 Å². The van der Waals surface area contributed by atoms with Gasteiger partial charge >= 0.3 is 5.97 Å². The van der Waals surface area contributed by atoms with E-state index in [1.165, 1.54) is 6.08 Å². The van der Waals surface area contributed by atoms with Crippen molar-refractivity contribution >= 4 is 34.7 Å². The van der Waals surface area contributed by atoms with Crippen LogP contribution in [0, 0.1) is 0 Å². The fourth-order valence-corrected chi connectivity index (χ4v) is 1.48. The molecule has 4 heteroatoms. The van der Waals surface area contributed by atoms with Gasteiger partial charge in [0.2, 0.25) is 0 Å². The van der Waals surface area contributed by atoms with Crippen LogP contribution in [0.1, 0.15) is 19.4 Å². The van der Waals surface area contributed by atoms with E-state index in [-0.39, 0.29) is 5.97 Å². The number of carbonyl (C=O) groups is 1. The molecule has 1 aromatic carbocycles. The van der Waals surface area contributed by atoms with Gasteiger partial charge in [-0.15, -0.1) is 0 Å². The molecule has 0 amide bonds. The summed E-state index contributed by atoms with van der Waals surface area (Å²) < 4.78 is 4.81. The van der Waals surface area contributed by atoms with E-state index in [4.69, 9.17) is 27.9 Å². The molecule has 0 bridgehead atoms. The first-order chi connectivity index (χ1) is 7.54. The number of halogens is 2. The van der Waals surface area contributed by atoms with Gasteiger partial charge < -0.3 is 4.74 Å². The van der Waals surface area contributed by atoms with Gasteiger partial charge in [0.05, 0.1) is 16.7 Å². The molecule has 2 nitrogen and oxygen atoms in total. The maximum absolute atomic E-state index is 11.2. The normalized spacial score (nSPS) is 11.4. The molecule has 0 saturated heterocycles. The molecule has 0 radical (unpaired) electrons. The summed E-state index contributed by atoms with van der Waals surface area (Å²) >= 11 is 11.7. The van der Waals surface area contributed by atoms with Crippen molar-refractivity contribution in [2.45, 2.75) is 13.8 Å². The molecule has 0 heterocycles. The quantitative estimate of drug-likeness (QED) is 0.606. The number of esters is 1. The number of allylic oxidation sites excluding steroid dienone is 1. The minimum absolute atomic E-state index is 0.355. The Labute approximate surface area is 105 Å². The zero-order chi connectivity index (χ0) is 12.1. The fraction of sp³-hybridized carbons (Fsp3) is 0.250. The molecule has 1 rings (SSSR count).